The summed E-state index contributed by atoms with van der Waals surface area (Å²) in [6.45, 7) is 0. The van der Waals surface area contributed by atoms with Gasteiger partial charge >= 0.3 is 5.97 Å². The minimum absolute atomic E-state index is 0.0918. The van der Waals surface area contributed by atoms with Crippen molar-refractivity contribution in [2.75, 3.05) is 12.5 Å². The number of nitrogens with zero attached hydrogens (tertiary/aromatic N) is 1. The van der Waals surface area contributed by atoms with E-state index in [-0.39, 0.29) is 10.7 Å². The van der Waals surface area contributed by atoms with Crippen molar-refractivity contribution in [3.05, 3.63) is 29.1 Å². The van der Waals surface area contributed by atoms with Gasteiger partial charge in [-0.3, -0.25) is 5.17 Å². The molecule has 0 aliphatic carbocycles. The Kier molecular flexibility index (Phi) is 2.78. The summed E-state index contributed by atoms with van der Waals surface area (Å²) >= 11 is 0. The third-order valence-electron chi connectivity index (χ3n) is 1.31. The molecule has 0 aliphatic heterocycles. The molecule has 3 N–H and O–H groups in total. The lowest BCUT2D eigenvalue weighted by Crippen LogP contribution is -3.07. The number of carboxylic acid groups (broad SMARTS) is 1. The summed E-state index contributed by atoms with van der Waals surface area (Å²) in [5.41, 5.74) is 2.52. The van der Waals surface area contributed by atoms with E-state index in [1.54, 1.807) is 0 Å². The van der Waals surface area contributed by atoms with Gasteiger partial charge in [-0.25, -0.2) is 15.2 Å². The van der Waals surface area contributed by atoms with Gasteiger partial charge in [-0.15, -0.1) is 0 Å². The molecule has 0 bridgehead atoms. The van der Waals surface area contributed by atoms with Crippen LogP contribution in [0.3, 0.4) is 0 Å². The Bertz CT molecular complexity index is 296. The van der Waals surface area contributed by atoms with Crippen molar-refractivity contribution in [3.8, 4) is 0 Å². The number of hydrogen-bond acceptors (Lipinski definition) is 4. The monoisotopic (exact) mass is 183 g/mol. The highest BCUT2D eigenvalue weighted by Crippen LogP contribution is 2.02. The fourth-order valence-corrected chi connectivity index (χ4v) is 0.775. The number of quaternary nitrogens is 1. The largest absolute Gasteiger partial charge is 0.608 e. The van der Waals surface area contributed by atoms with Gasteiger partial charge in [0.25, 0.3) is 0 Å². The lowest BCUT2D eigenvalue weighted by molar-refractivity contribution is -0.800. The van der Waals surface area contributed by atoms with Gasteiger partial charge in [0.2, 0.25) is 0 Å². The van der Waals surface area contributed by atoms with Gasteiger partial charge in [0.05, 0.1) is 12.6 Å². The Morgan fingerprint density at radius 3 is 2.77 bits per heavy atom. The van der Waals surface area contributed by atoms with Crippen LogP contribution in [-0.4, -0.2) is 23.1 Å². The summed E-state index contributed by atoms with van der Waals surface area (Å²) in [5.74, 6) is -0.695. The fraction of sp³-hybridized carbons (Fsp3) is 0.143. The predicted molar refractivity (Wildman–Crippen MR) is 45.1 cm³/mol. The van der Waals surface area contributed by atoms with Gasteiger partial charge in [-0.1, -0.05) is 0 Å². The van der Waals surface area contributed by atoms with Crippen molar-refractivity contribution < 1.29 is 15.1 Å². The Hall–Kier alpha value is -1.66. The van der Waals surface area contributed by atoms with Crippen LogP contribution in [0.2, 0.25) is 0 Å². The van der Waals surface area contributed by atoms with E-state index in [2.05, 4.69) is 10.4 Å². The number of anilines is 1. The molecule has 6 nitrogen and oxygen atoms in total. The number of carbonyl (C=O) groups is 1. The molecule has 0 spiro atoms. The zero-order chi connectivity index (χ0) is 9.84. The molecule has 1 heterocycles. The van der Waals surface area contributed by atoms with E-state index >= 15 is 0 Å². The van der Waals surface area contributed by atoms with E-state index in [0.29, 0.717) is 5.82 Å². The highest BCUT2D eigenvalue weighted by Gasteiger charge is 2.02. The first-order valence-electron chi connectivity index (χ1n) is 3.56. The second kappa shape index (κ2) is 3.83. The van der Waals surface area contributed by atoms with Crippen LogP contribution in [0.4, 0.5) is 5.82 Å². The molecule has 13 heavy (non-hydrogen) atoms. The normalized spacial score (nSPS) is 12.2. The highest BCUT2D eigenvalue weighted by molar-refractivity contribution is 5.87. The summed E-state index contributed by atoms with van der Waals surface area (Å²) in [7, 11) is 1.35. The Morgan fingerprint density at radius 1 is 1.69 bits per heavy atom. The number of aromatic nitrogens is 1. The SMILES string of the molecule is C[NH+]([O-])Nc1ccc(C(=O)O)cn1. The highest BCUT2D eigenvalue weighted by atomic mass is 16.5. The molecule has 70 valence electrons. The van der Waals surface area contributed by atoms with Crippen LogP contribution in [0.5, 0.6) is 0 Å². The van der Waals surface area contributed by atoms with Crippen molar-refractivity contribution in [1.82, 2.24) is 4.98 Å². The van der Waals surface area contributed by atoms with Gasteiger partial charge in [0, 0.05) is 6.20 Å². The molecule has 1 aromatic heterocycles. The molecule has 0 amide bonds. The van der Waals surface area contributed by atoms with Gasteiger partial charge in [0.15, 0.2) is 5.82 Å². The van der Waals surface area contributed by atoms with Crippen LogP contribution < -0.4 is 10.6 Å². The van der Waals surface area contributed by atoms with Crippen LogP contribution in [0.1, 0.15) is 10.4 Å². The average Bonchev–Trinajstić information content (AvgIpc) is 2.04. The van der Waals surface area contributed by atoms with E-state index in [1.807, 2.05) is 0 Å². The summed E-state index contributed by atoms with van der Waals surface area (Å²) in [6.07, 6.45) is 1.19. The summed E-state index contributed by atoms with van der Waals surface area (Å²) in [5, 5.41) is 18.9. The molecule has 0 saturated carbocycles. The van der Waals surface area contributed by atoms with E-state index in [4.69, 9.17) is 5.11 Å². The Balaban J connectivity index is 2.75. The molecule has 0 fully saturated rings. The first-order valence-corrected chi connectivity index (χ1v) is 3.56. The molecule has 0 aliphatic rings. The van der Waals surface area contributed by atoms with Crippen molar-refractivity contribution >= 4 is 11.8 Å². The average molecular weight is 183 g/mol. The van der Waals surface area contributed by atoms with Crippen LogP contribution in [-0.2, 0) is 0 Å². The number of pyridine rings is 1. The molecule has 1 unspecified atom stereocenters. The van der Waals surface area contributed by atoms with Crippen LogP contribution >= 0.6 is 0 Å². The van der Waals surface area contributed by atoms with Crippen LogP contribution in [0, 0.1) is 5.21 Å². The topological polar surface area (TPSA) is 89.7 Å². The number of rotatable bonds is 3. The van der Waals surface area contributed by atoms with Gasteiger partial charge < -0.3 is 10.3 Å². The molecule has 0 aromatic carbocycles. The maximum atomic E-state index is 10.6. The maximum Gasteiger partial charge on any atom is 0.337 e. The Labute approximate surface area is 74.4 Å². The van der Waals surface area contributed by atoms with Gasteiger partial charge in [-0.05, 0) is 12.1 Å². The van der Waals surface area contributed by atoms with E-state index < -0.39 is 5.97 Å². The molecule has 0 radical (unpaired) electrons. The first-order chi connectivity index (χ1) is 6.09. The number of hydrogen-bond donors (Lipinski definition) is 3. The van der Waals surface area contributed by atoms with Crippen molar-refractivity contribution in [2.45, 2.75) is 0 Å². The zero-order valence-corrected chi connectivity index (χ0v) is 6.94. The molecular weight excluding hydrogens is 174 g/mol. The van der Waals surface area contributed by atoms with E-state index in [9.17, 15) is 10.0 Å². The van der Waals surface area contributed by atoms with Crippen molar-refractivity contribution in [2.24, 2.45) is 0 Å². The number of carboxylic acids is 1. The zero-order valence-electron chi connectivity index (χ0n) is 6.94. The van der Waals surface area contributed by atoms with Gasteiger partial charge in [0.1, 0.15) is 0 Å². The lowest BCUT2D eigenvalue weighted by Gasteiger charge is -2.16. The summed E-state index contributed by atoms with van der Waals surface area (Å²) in [4.78, 5) is 14.1. The summed E-state index contributed by atoms with van der Waals surface area (Å²) in [6, 6.07) is 2.81. The molecule has 1 aromatic rings. The van der Waals surface area contributed by atoms with E-state index in [1.165, 1.54) is 25.4 Å². The third-order valence-corrected chi connectivity index (χ3v) is 1.31. The van der Waals surface area contributed by atoms with E-state index in [0.717, 1.165) is 0 Å². The number of nitrogens with one attached hydrogen (secondary N) is 2. The minimum atomic E-state index is -1.04. The molecule has 1 rings (SSSR count). The van der Waals surface area contributed by atoms with Crippen molar-refractivity contribution in [3.63, 3.8) is 0 Å². The fourth-order valence-electron chi connectivity index (χ4n) is 0.775. The van der Waals surface area contributed by atoms with Gasteiger partial charge in [-0.2, -0.15) is 0 Å². The molecule has 6 heteroatoms. The standard InChI is InChI=1S/C7H9N3O3/c1-10(13)9-6-3-2-5(4-8-6)7(11)12/h2-4,10H,1H3,(H,8,9)(H,11,12). The maximum absolute atomic E-state index is 10.6. The number of aromatic carboxylic acids is 1. The molecular formula is C7H9N3O3. The smallest absolute Gasteiger partial charge is 0.337 e. The quantitative estimate of drug-likeness (QED) is 0.529. The Morgan fingerprint density at radius 2 is 2.38 bits per heavy atom. The second-order valence-electron chi connectivity index (χ2n) is 2.42. The van der Waals surface area contributed by atoms with Crippen LogP contribution in [0.15, 0.2) is 18.3 Å². The van der Waals surface area contributed by atoms with Crippen molar-refractivity contribution in [1.29, 1.82) is 0 Å². The lowest BCUT2D eigenvalue weighted by atomic mass is 10.3. The second-order valence-corrected chi connectivity index (χ2v) is 2.42. The third kappa shape index (κ3) is 2.69. The first kappa shape index (κ1) is 9.43. The molecule has 1 atom stereocenters. The minimum Gasteiger partial charge on any atom is -0.608 e. The predicted octanol–water partition coefficient (Wildman–Crippen LogP) is -0.881. The van der Waals surface area contributed by atoms with Crippen LogP contribution in [0.25, 0.3) is 0 Å². The summed E-state index contributed by atoms with van der Waals surface area (Å²) < 4.78 is 0. The molecule has 0 saturated heterocycles. The number of hydroxylamine groups is 1.